The first-order valence-electron chi connectivity index (χ1n) is 7.67. The minimum atomic E-state index is 0.777. The van der Waals surface area contributed by atoms with Crippen LogP contribution in [0.5, 0.6) is 0 Å². The Morgan fingerprint density at radius 1 is 1.22 bits per heavy atom. The van der Waals surface area contributed by atoms with Crippen LogP contribution in [0.4, 0.5) is 0 Å². The number of nitrogens with zero attached hydrogens (tertiary/aromatic N) is 1. The third kappa shape index (κ3) is 6.72. The summed E-state index contributed by atoms with van der Waals surface area (Å²) in [5.74, 6) is 0.777. The van der Waals surface area contributed by atoms with Crippen LogP contribution in [0.2, 0.25) is 0 Å². The van der Waals surface area contributed by atoms with Gasteiger partial charge in [0.2, 0.25) is 0 Å². The Bertz CT molecular complexity index is 191. The number of methoxy groups -OCH3 is 1. The zero-order valence-electron chi connectivity index (χ0n) is 12.6. The monoisotopic (exact) mass is 256 g/mol. The fraction of sp³-hybridized carbons (Fsp3) is 1.00. The van der Waals surface area contributed by atoms with Crippen LogP contribution in [0, 0.1) is 5.92 Å². The standard InChI is InChI=1S/C15H32N2O/c1-14(2)13-17(15-7-4-5-8-15)11-10-16-9-6-12-18-3/h14-16H,4-13H2,1-3H3. The summed E-state index contributed by atoms with van der Waals surface area (Å²) < 4.78 is 5.05. The van der Waals surface area contributed by atoms with Crippen molar-refractivity contribution in [3.63, 3.8) is 0 Å². The van der Waals surface area contributed by atoms with Gasteiger partial charge in [0.15, 0.2) is 0 Å². The highest BCUT2D eigenvalue weighted by Gasteiger charge is 2.22. The Morgan fingerprint density at radius 2 is 1.94 bits per heavy atom. The Kier molecular flexibility index (Phi) is 8.64. The van der Waals surface area contributed by atoms with Crippen LogP contribution in [0.1, 0.15) is 46.0 Å². The van der Waals surface area contributed by atoms with E-state index in [4.69, 9.17) is 4.74 Å². The first kappa shape index (κ1) is 15.9. The maximum absolute atomic E-state index is 5.05. The molecular formula is C15H32N2O. The molecule has 108 valence electrons. The van der Waals surface area contributed by atoms with Gasteiger partial charge in [-0.25, -0.2) is 0 Å². The third-order valence-electron chi connectivity index (χ3n) is 3.72. The number of rotatable bonds is 10. The molecule has 1 aliphatic rings. The third-order valence-corrected chi connectivity index (χ3v) is 3.72. The molecule has 1 N–H and O–H groups in total. The molecule has 0 aromatic carbocycles. The molecule has 0 saturated heterocycles. The van der Waals surface area contributed by atoms with Crippen LogP contribution in [0.15, 0.2) is 0 Å². The van der Waals surface area contributed by atoms with Crippen molar-refractivity contribution >= 4 is 0 Å². The van der Waals surface area contributed by atoms with Crippen LogP contribution in [0.25, 0.3) is 0 Å². The zero-order chi connectivity index (χ0) is 13.2. The maximum Gasteiger partial charge on any atom is 0.0474 e. The molecule has 0 amide bonds. The molecule has 0 atom stereocenters. The number of nitrogens with one attached hydrogen (secondary N) is 1. The van der Waals surface area contributed by atoms with E-state index < -0.39 is 0 Å². The zero-order valence-corrected chi connectivity index (χ0v) is 12.6. The van der Waals surface area contributed by atoms with Crippen molar-refractivity contribution in [2.24, 2.45) is 5.92 Å². The average Bonchev–Trinajstić information content (AvgIpc) is 2.85. The van der Waals surface area contributed by atoms with E-state index >= 15 is 0 Å². The summed E-state index contributed by atoms with van der Waals surface area (Å²) in [5.41, 5.74) is 0. The molecule has 1 aliphatic carbocycles. The van der Waals surface area contributed by atoms with Gasteiger partial charge in [0.25, 0.3) is 0 Å². The van der Waals surface area contributed by atoms with Crippen LogP contribution in [0.3, 0.4) is 0 Å². The van der Waals surface area contributed by atoms with Gasteiger partial charge in [-0.1, -0.05) is 26.7 Å². The highest BCUT2D eigenvalue weighted by Crippen LogP contribution is 2.23. The SMILES string of the molecule is COCCCNCCN(CC(C)C)C1CCCC1. The molecular weight excluding hydrogens is 224 g/mol. The molecule has 18 heavy (non-hydrogen) atoms. The second-order valence-electron chi connectivity index (χ2n) is 5.92. The van der Waals surface area contributed by atoms with Crippen molar-refractivity contribution in [1.82, 2.24) is 10.2 Å². The highest BCUT2D eigenvalue weighted by atomic mass is 16.5. The van der Waals surface area contributed by atoms with Crippen molar-refractivity contribution in [3.05, 3.63) is 0 Å². The van der Waals surface area contributed by atoms with Gasteiger partial charge in [0, 0.05) is 39.4 Å². The summed E-state index contributed by atoms with van der Waals surface area (Å²) in [5, 5.41) is 3.53. The lowest BCUT2D eigenvalue weighted by atomic mass is 10.1. The Labute approximate surface area is 113 Å². The fourth-order valence-electron chi connectivity index (χ4n) is 2.85. The molecule has 0 aromatic heterocycles. The summed E-state index contributed by atoms with van der Waals surface area (Å²) in [6.45, 7) is 10.2. The first-order valence-corrected chi connectivity index (χ1v) is 7.67. The number of hydrogen-bond acceptors (Lipinski definition) is 3. The van der Waals surface area contributed by atoms with Gasteiger partial charge in [-0.05, 0) is 31.7 Å². The minimum Gasteiger partial charge on any atom is -0.385 e. The molecule has 0 aromatic rings. The Hall–Kier alpha value is -0.120. The Morgan fingerprint density at radius 3 is 2.56 bits per heavy atom. The largest absolute Gasteiger partial charge is 0.385 e. The lowest BCUT2D eigenvalue weighted by Gasteiger charge is -2.30. The predicted octanol–water partition coefficient (Wildman–Crippen LogP) is 2.51. The van der Waals surface area contributed by atoms with Crippen molar-refractivity contribution in [1.29, 1.82) is 0 Å². The van der Waals surface area contributed by atoms with Crippen molar-refractivity contribution in [2.45, 2.75) is 52.0 Å². The normalized spacial score (nSPS) is 17.2. The van der Waals surface area contributed by atoms with Gasteiger partial charge in [-0.2, -0.15) is 0 Å². The number of ether oxygens (including phenoxy) is 1. The topological polar surface area (TPSA) is 24.5 Å². The smallest absolute Gasteiger partial charge is 0.0474 e. The number of hydrogen-bond donors (Lipinski definition) is 1. The molecule has 0 bridgehead atoms. The summed E-state index contributed by atoms with van der Waals surface area (Å²) in [7, 11) is 1.77. The highest BCUT2D eigenvalue weighted by molar-refractivity contribution is 4.78. The second-order valence-corrected chi connectivity index (χ2v) is 5.92. The molecule has 1 rings (SSSR count). The Balaban J connectivity index is 2.15. The summed E-state index contributed by atoms with van der Waals surface area (Å²) in [6.07, 6.45) is 6.80. The summed E-state index contributed by atoms with van der Waals surface area (Å²) >= 11 is 0. The summed E-state index contributed by atoms with van der Waals surface area (Å²) in [4.78, 5) is 2.71. The van der Waals surface area contributed by atoms with E-state index in [0.29, 0.717) is 0 Å². The lowest BCUT2D eigenvalue weighted by molar-refractivity contribution is 0.174. The first-order chi connectivity index (χ1) is 8.74. The van der Waals surface area contributed by atoms with Gasteiger partial charge in [0.05, 0.1) is 0 Å². The van der Waals surface area contributed by atoms with Crippen LogP contribution in [-0.4, -0.2) is 50.8 Å². The van der Waals surface area contributed by atoms with E-state index in [9.17, 15) is 0 Å². The van der Waals surface area contributed by atoms with Crippen molar-refractivity contribution in [2.75, 3.05) is 39.9 Å². The molecule has 0 spiro atoms. The van der Waals surface area contributed by atoms with Crippen LogP contribution in [-0.2, 0) is 4.74 Å². The lowest BCUT2D eigenvalue weighted by Crippen LogP contribution is -2.40. The average molecular weight is 256 g/mol. The van der Waals surface area contributed by atoms with E-state index in [1.165, 1.54) is 38.8 Å². The van der Waals surface area contributed by atoms with Crippen molar-refractivity contribution < 1.29 is 4.74 Å². The minimum absolute atomic E-state index is 0.777. The maximum atomic E-state index is 5.05. The van der Waals surface area contributed by atoms with Crippen LogP contribution < -0.4 is 5.32 Å². The van der Waals surface area contributed by atoms with Gasteiger partial charge < -0.3 is 10.1 Å². The summed E-state index contributed by atoms with van der Waals surface area (Å²) in [6, 6.07) is 0.855. The van der Waals surface area contributed by atoms with E-state index in [0.717, 1.165) is 38.1 Å². The fourth-order valence-corrected chi connectivity index (χ4v) is 2.85. The molecule has 0 aliphatic heterocycles. The molecule has 0 radical (unpaired) electrons. The quantitative estimate of drug-likeness (QED) is 0.608. The van der Waals surface area contributed by atoms with E-state index in [1.54, 1.807) is 7.11 Å². The molecule has 0 unspecified atom stereocenters. The molecule has 3 heteroatoms. The second kappa shape index (κ2) is 9.76. The van der Waals surface area contributed by atoms with Crippen LogP contribution >= 0.6 is 0 Å². The predicted molar refractivity (Wildman–Crippen MR) is 78.0 cm³/mol. The van der Waals surface area contributed by atoms with E-state index in [-0.39, 0.29) is 0 Å². The van der Waals surface area contributed by atoms with Gasteiger partial charge >= 0.3 is 0 Å². The van der Waals surface area contributed by atoms with E-state index in [2.05, 4.69) is 24.1 Å². The van der Waals surface area contributed by atoms with Gasteiger partial charge in [0.1, 0.15) is 0 Å². The molecule has 0 heterocycles. The molecule has 1 fully saturated rings. The molecule has 3 nitrogen and oxygen atoms in total. The molecule has 1 saturated carbocycles. The van der Waals surface area contributed by atoms with Gasteiger partial charge in [-0.3, -0.25) is 4.90 Å². The van der Waals surface area contributed by atoms with E-state index in [1.807, 2.05) is 0 Å². The van der Waals surface area contributed by atoms with Gasteiger partial charge in [-0.15, -0.1) is 0 Å². The van der Waals surface area contributed by atoms with Crippen molar-refractivity contribution in [3.8, 4) is 0 Å².